The van der Waals surface area contributed by atoms with Crippen LogP contribution in [0.1, 0.15) is 50.0 Å². The Morgan fingerprint density at radius 1 is 1.15 bits per heavy atom. The molecule has 0 fully saturated rings. The van der Waals surface area contributed by atoms with E-state index < -0.39 is 23.5 Å². The maximum absolute atomic E-state index is 12.3. The molecule has 1 rings (SSSR count). The summed E-state index contributed by atoms with van der Waals surface area (Å²) in [5.74, 6) is 10.4. The van der Waals surface area contributed by atoms with E-state index in [4.69, 9.17) is 5.21 Å². The largest absolute Gasteiger partial charge is 0.388 e. The first-order valence-corrected chi connectivity index (χ1v) is 8.21. The second-order valence-corrected chi connectivity index (χ2v) is 6.76. The first kappa shape index (κ1) is 21.2. The summed E-state index contributed by atoms with van der Waals surface area (Å²) in [6, 6.07) is 5.13. The van der Waals surface area contributed by atoms with Crippen molar-refractivity contribution in [1.29, 1.82) is 0 Å². The van der Waals surface area contributed by atoms with E-state index in [1.165, 1.54) is 19.3 Å². The average molecular weight is 356 g/mol. The molecule has 138 valence electrons. The second kappa shape index (κ2) is 9.62. The van der Waals surface area contributed by atoms with E-state index in [0.717, 1.165) is 6.42 Å². The quantitative estimate of drug-likeness (QED) is 0.365. The van der Waals surface area contributed by atoms with Crippen LogP contribution in [0.2, 0.25) is 0 Å². The van der Waals surface area contributed by atoms with Gasteiger partial charge in [-0.3, -0.25) is 14.8 Å². The molecule has 0 radical (unpaired) electrons. The summed E-state index contributed by atoms with van der Waals surface area (Å²) in [7, 11) is 0. The smallest absolute Gasteiger partial charge is 0.268 e. The molecule has 0 spiro atoms. The van der Waals surface area contributed by atoms with Gasteiger partial charge < -0.3 is 10.4 Å². The molecule has 0 aliphatic heterocycles. The number of nitrogens with one attached hydrogen (secondary N) is 2. The van der Waals surface area contributed by atoms with E-state index in [1.807, 2.05) is 0 Å². The van der Waals surface area contributed by atoms with Gasteiger partial charge in [0.2, 0.25) is 0 Å². The molecule has 6 nitrogen and oxygen atoms in total. The number of amides is 2. The molecule has 0 unspecified atom stereocenters. The standard InChI is InChI=1S/C20H24N2O4/c1-14(2)8-6-5-7-9-15-10-12-16(13-11-15)18(23)21-17(19(24)22-26)20(3,4)25/h10-14,17,25-26H,8H2,1-4H3,(H,21,23)(H,22,24)/t17-/m1/s1. The van der Waals surface area contributed by atoms with Crippen LogP contribution in [-0.4, -0.2) is 33.8 Å². The van der Waals surface area contributed by atoms with Crippen molar-refractivity contribution < 1.29 is 19.9 Å². The van der Waals surface area contributed by atoms with Crippen molar-refractivity contribution in [2.24, 2.45) is 5.92 Å². The predicted octanol–water partition coefficient (Wildman–Crippen LogP) is 1.46. The van der Waals surface area contributed by atoms with Crippen molar-refractivity contribution in [3.63, 3.8) is 0 Å². The molecule has 0 bridgehead atoms. The third kappa shape index (κ3) is 6.98. The molecular formula is C20H24N2O4. The first-order chi connectivity index (χ1) is 12.1. The van der Waals surface area contributed by atoms with Crippen LogP contribution >= 0.6 is 0 Å². The van der Waals surface area contributed by atoms with Gasteiger partial charge in [-0.15, -0.1) is 0 Å². The fourth-order valence-corrected chi connectivity index (χ4v) is 1.95. The molecule has 1 aromatic rings. The highest BCUT2D eigenvalue weighted by Crippen LogP contribution is 2.11. The third-order valence-corrected chi connectivity index (χ3v) is 3.37. The summed E-state index contributed by atoms with van der Waals surface area (Å²) in [4.78, 5) is 23.9. The number of hydroxylamine groups is 1. The number of rotatable bonds is 5. The zero-order chi connectivity index (χ0) is 19.7. The third-order valence-electron chi connectivity index (χ3n) is 3.37. The van der Waals surface area contributed by atoms with E-state index in [0.29, 0.717) is 17.0 Å². The van der Waals surface area contributed by atoms with Crippen molar-refractivity contribution in [3.05, 3.63) is 35.4 Å². The number of hydrogen-bond donors (Lipinski definition) is 4. The lowest BCUT2D eigenvalue weighted by molar-refractivity contribution is -0.136. The van der Waals surface area contributed by atoms with Gasteiger partial charge in [0.15, 0.2) is 0 Å². The normalized spacial score (nSPS) is 11.5. The Bertz CT molecular complexity index is 753. The summed E-state index contributed by atoms with van der Waals surface area (Å²) in [6.07, 6.45) is 0.789. The van der Waals surface area contributed by atoms with Crippen LogP contribution in [0, 0.1) is 29.6 Å². The summed E-state index contributed by atoms with van der Waals surface area (Å²) >= 11 is 0. The SMILES string of the molecule is CC(C)CC#CC#Cc1ccc(C(=O)N[C@H](C(=O)NO)C(C)(C)O)cc1. The minimum atomic E-state index is -1.55. The number of hydrogen-bond acceptors (Lipinski definition) is 4. The van der Waals surface area contributed by atoms with Crippen LogP contribution in [0.3, 0.4) is 0 Å². The Morgan fingerprint density at radius 3 is 2.27 bits per heavy atom. The van der Waals surface area contributed by atoms with Crippen molar-refractivity contribution >= 4 is 11.8 Å². The molecule has 4 N–H and O–H groups in total. The van der Waals surface area contributed by atoms with E-state index in [-0.39, 0.29) is 0 Å². The van der Waals surface area contributed by atoms with Crippen molar-refractivity contribution in [2.75, 3.05) is 0 Å². The Morgan fingerprint density at radius 2 is 1.77 bits per heavy atom. The van der Waals surface area contributed by atoms with Gasteiger partial charge in [0.05, 0.1) is 5.60 Å². The number of carbonyl (C=O) groups excluding carboxylic acids is 2. The van der Waals surface area contributed by atoms with Crippen LogP contribution < -0.4 is 10.8 Å². The van der Waals surface area contributed by atoms with Gasteiger partial charge in [-0.1, -0.05) is 25.7 Å². The highest BCUT2D eigenvalue weighted by Gasteiger charge is 2.34. The van der Waals surface area contributed by atoms with Gasteiger partial charge in [-0.25, -0.2) is 5.48 Å². The van der Waals surface area contributed by atoms with Crippen molar-refractivity contribution in [3.8, 4) is 23.7 Å². The van der Waals surface area contributed by atoms with E-state index in [2.05, 4.69) is 42.8 Å². The Hall–Kier alpha value is -2.80. The zero-order valence-corrected chi connectivity index (χ0v) is 15.4. The molecule has 1 atom stereocenters. The molecule has 0 saturated carbocycles. The topological polar surface area (TPSA) is 98.7 Å². The molecule has 0 aromatic heterocycles. The van der Waals surface area contributed by atoms with Crippen LogP contribution in [0.15, 0.2) is 24.3 Å². The summed E-state index contributed by atoms with van der Waals surface area (Å²) in [6.45, 7) is 6.87. The van der Waals surface area contributed by atoms with Gasteiger partial charge in [-0.05, 0) is 55.9 Å². The lowest BCUT2D eigenvalue weighted by Gasteiger charge is -2.28. The second-order valence-electron chi connectivity index (χ2n) is 6.76. The number of aliphatic hydroxyl groups is 1. The van der Waals surface area contributed by atoms with Crippen LogP contribution in [-0.2, 0) is 4.79 Å². The van der Waals surface area contributed by atoms with Crippen molar-refractivity contribution in [2.45, 2.75) is 45.8 Å². The Balaban J connectivity index is 2.81. The molecule has 0 saturated heterocycles. The molecule has 26 heavy (non-hydrogen) atoms. The fourth-order valence-electron chi connectivity index (χ4n) is 1.95. The van der Waals surface area contributed by atoms with Crippen LogP contribution in [0.5, 0.6) is 0 Å². The van der Waals surface area contributed by atoms with Crippen LogP contribution in [0.25, 0.3) is 0 Å². The van der Waals surface area contributed by atoms with E-state index >= 15 is 0 Å². The van der Waals surface area contributed by atoms with Gasteiger partial charge >= 0.3 is 0 Å². The summed E-state index contributed by atoms with van der Waals surface area (Å²) < 4.78 is 0. The Kier molecular flexibility index (Phi) is 7.86. The maximum Gasteiger partial charge on any atom is 0.268 e. The van der Waals surface area contributed by atoms with Gasteiger partial charge in [0.25, 0.3) is 11.8 Å². The van der Waals surface area contributed by atoms with E-state index in [9.17, 15) is 14.7 Å². The fraction of sp³-hybridized carbons (Fsp3) is 0.400. The summed E-state index contributed by atoms with van der Waals surface area (Å²) in [5.41, 5.74) is 0.874. The summed E-state index contributed by atoms with van der Waals surface area (Å²) in [5, 5.41) is 21.1. The molecule has 2 amide bonds. The van der Waals surface area contributed by atoms with Gasteiger partial charge in [0.1, 0.15) is 6.04 Å². The Labute approximate surface area is 154 Å². The average Bonchev–Trinajstić information content (AvgIpc) is 2.57. The molecule has 0 aliphatic rings. The highest BCUT2D eigenvalue weighted by atomic mass is 16.5. The number of carbonyl (C=O) groups is 2. The van der Waals surface area contributed by atoms with Gasteiger partial charge in [0, 0.05) is 17.5 Å². The van der Waals surface area contributed by atoms with Gasteiger partial charge in [-0.2, -0.15) is 0 Å². The minimum absolute atomic E-state index is 0.293. The lowest BCUT2D eigenvalue weighted by atomic mass is 9.97. The molecule has 0 aliphatic carbocycles. The molecule has 6 heteroatoms. The predicted molar refractivity (Wildman–Crippen MR) is 98.0 cm³/mol. The lowest BCUT2D eigenvalue weighted by Crippen LogP contribution is -2.57. The molecule has 1 aromatic carbocycles. The van der Waals surface area contributed by atoms with E-state index in [1.54, 1.807) is 24.3 Å². The minimum Gasteiger partial charge on any atom is -0.388 e. The number of benzene rings is 1. The van der Waals surface area contributed by atoms with Crippen molar-refractivity contribution in [1.82, 2.24) is 10.8 Å². The first-order valence-electron chi connectivity index (χ1n) is 8.21. The van der Waals surface area contributed by atoms with Crippen LogP contribution in [0.4, 0.5) is 0 Å². The molecule has 0 heterocycles. The molecular weight excluding hydrogens is 332 g/mol. The monoisotopic (exact) mass is 356 g/mol. The maximum atomic E-state index is 12.3. The highest BCUT2D eigenvalue weighted by molar-refractivity contribution is 5.97. The zero-order valence-electron chi connectivity index (χ0n) is 15.4.